The van der Waals surface area contributed by atoms with Gasteiger partial charge < -0.3 is 4.74 Å². The van der Waals surface area contributed by atoms with Crippen LogP contribution in [0.3, 0.4) is 0 Å². The number of rotatable bonds is 2. The number of thioether (sulfide) groups is 1. The quantitative estimate of drug-likeness (QED) is 0.833. The molecule has 3 rings (SSSR count). The number of hydrogen-bond acceptors (Lipinski definition) is 4. The Kier molecular flexibility index (Phi) is 4.19. The Balaban J connectivity index is 1.92. The van der Waals surface area contributed by atoms with Gasteiger partial charge in [-0.25, -0.2) is 4.79 Å². The number of carbonyl (C=O) groups excluding carboxylic acids is 2. The van der Waals surface area contributed by atoms with Crippen molar-refractivity contribution in [2.24, 2.45) is 5.92 Å². The summed E-state index contributed by atoms with van der Waals surface area (Å²) in [6.45, 7) is 2.14. The molecule has 0 bridgehead atoms. The van der Waals surface area contributed by atoms with Crippen molar-refractivity contribution in [1.29, 1.82) is 0 Å². The molecule has 2 atom stereocenters. The maximum Gasteiger partial charge on any atom is 0.415 e. The van der Waals surface area contributed by atoms with Crippen LogP contribution in [0, 0.1) is 5.92 Å². The van der Waals surface area contributed by atoms with E-state index < -0.39 is 0 Å². The van der Waals surface area contributed by atoms with Gasteiger partial charge in [0.15, 0.2) is 0 Å². The molecule has 0 spiro atoms. The van der Waals surface area contributed by atoms with Crippen molar-refractivity contribution in [3.05, 3.63) is 24.3 Å². The van der Waals surface area contributed by atoms with E-state index in [1.165, 1.54) is 0 Å². The summed E-state index contributed by atoms with van der Waals surface area (Å²) in [5.74, 6) is 0.196. The molecule has 4 nitrogen and oxygen atoms in total. The maximum absolute atomic E-state index is 12.3. The molecular weight excluding hydrogens is 286 g/mol. The highest BCUT2D eigenvalue weighted by Gasteiger charge is 2.43. The zero-order valence-electron chi connectivity index (χ0n) is 12.1. The Hall–Kier alpha value is -1.49. The van der Waals surface area contributed by atoms with Gasteiger partial charge in [0, 0.05) is 17.2 Å². The largest absolute Gasteiger partial charge is 0.449 e. The van der Waals surface area contributed by atoms with E-state index in [0.29, 0.717) is 13.0 Å². The second-order valence-corrected chi connectivity index (χ2v) is 6.52. The van der Waals surface area contributed by atoms with Crippen molar-refractivity contribution in [3.8, 4) is 0 Å². The third-order valence-electron chi connectivity index (χ3n) is 4.04. The molecule has 1 heterocycles. The molecule has 0 saturated heterocycles. The van der Waals surface area contributed by atoms with Gasteiger partial charge in [-0.1, -0.05) is 30.3 Å². The maximum atomic E-state index is 12.3. The number of anilines is 1. The first kappa shape index (κ1) is 14.4. The van der Waals surface area contributed by atoms with Crippen LogP contribution in [0.25, 0.3) is 0 Å². The summed E-state index contributed by atoms with van der Waals surface area (Å²) >= 11 is 1.61. The molecule has 1 aliphatic heterocycles. The van der Waals surface area contributed by atoms with Gasteiger partial charge in [-0.15, -0.1) is 0 Å². The molecule has 1 aliphatic carbocycles. The third kappa shape index (κ3) is 2.67. The molecule has 2 unspecified atom stereocenters. The molecule has 1 aromatic carbocycles. The first-order valence-electron chi connectivity index (χ1n) is 7.46. The van der Waals surface area contributed by atoms with Gasteiger partial charge in [0.05, 0.1) is 12.3 Å². The number of benzene rings is 1. The molecule has 1 saturated carbocycles. The molecule has 2 aliphatic rings. The standard InChI is InChI=1S/C16H19NO3S/c1-2-20-16(19)17-12-8-4-6-10-14(12)21-15(17)11-7-3-5-9-13(11)18/h4,6,8,10-11,15H,2-3,5,7,9H2,1H3. The van der Waals surface area contributed by atoms with Crippen LogP contribution in [0.2, 0.25) is 0 Å². The lowest BCUT2D eigenvalue weighted by Gasteiger charge is -2.31. The average molecular weight is 305 g/mol. The van der Waals surface area contributed by atoms with Crippen LogP contribution < -0.4 is 4.90 Å². The number of amides is 1. The molecule has 1 amide bonds. The fourth-order valence-corrected chi connectivity index (χ4v) is 4.51. The fourth-order valence-electron chi connectivity index (χ4n) is 3.04. The van der Waals surface area contributed by atoms with Crippen LogP contribution in [0.15, 0.2) is 29.2 Å². The molecule has 1 fully saturated rings. The van der Waals surface area contributed by atoms with Crippen molar-refractivity contribution in [1.82, 2.24) is 0 Å². The minimum Gasteiger partial charge on any atom is -0.449 e. The van der Waals surface area contributed by atoms with Gasteiger partial charge in [-0.2, -0.15) is 0 Å². The molecule has 5 heteroatoms. The second kappa shape index (κ2) is 6.10. The van der Waals surface area contributed by atoms with E-state index in [2.05, 4.69) is 0 Å². The summed E-state index contributed by atoms with van der Waals surface area (Å²) in [5.41, 5.74) is 0.865. The summed E-state index contributed by atoms with van der Waals surface area (Å²) in [6.07, 6.45) is 3.17. The smallest absolute Gasteiger partial charge is 0.415 e. The predicted molar refractivity (Wildman–Crippen MR) is 82.6 cm³/mol. The molecular formula is C16H19NO3S. The number of Topliss-reactive ketones (excluding diaryl/α,β-unsaturated/α-hetero) is 1. The van der Waals surface area contributed by atoms with Crippen molar-refractivity contribution in [2.45, 2.75) is 42.9 Å². The van der Waals surface area contributed by atoms with Crippen molar-refractivity contribution >= 4 is 29.3 Å². The van der Waals surface area contributed by atoms with Gasteiger partial charge in [0.2, 0.25) is 0 Å². The summed E-state index contributed by atoms with van der Waals surface area (Å²) in [7, 11) is 0. The highest BCUT2D eigenvalue weighted by Crippen LogP contribution is 2.48. The fraction of sp³-hybridized carbons (Fsp3) is 0.500. The zero-order valence-corrected chi connectivity index (χ0v) is 12.9. The average Bonchev–Trinajstić information content (AvgIpc) is 2.87. The van der Waals surface area contributed by atoms with Crippen molar-refractivity contribution in [3.63, 3.8) is 0 Å². The molecule has 1 aromatic rings. The minimum atomic E-state index is -0.349. The lowest BCUT2D eigenvalue weighted by atomic mass is 9.87. The number of carbonyl (C=O) groups is 2. The summed E-state index contributed by atoms with van der Waals surface area (Å²) in [4.78, 5) is 27.3. The van der Waals surface area contributed by atoms with Crippen LogP contribution >= 0.6 is 11.8 Å². The predicted octanol–water partition coefficient (Wildman–Crippen LogP) is 3.84. The number of fused-ring (bicyclic) bond motifs is 1. The van der Waals surface area contributed by atoms with Gasteiger partial charge >= 0.3 is 6.09 Å². The molecule has 21 heavy (non-hydrogen) atoms. The van der Waals surface area contributed by atoms with E-state index in [9.17, 15) is 9.59 Å². The normalized spacial score (nSPS) is 24.8. The Morgan fingerprint density at radius 3 is 2.95 bits per heavy atom. The summed E-state index contributed by atoms with van der Waals surface area (Å²) in [6, 6.07) is 7.79. The highest BCUT2D eigenvalue weighted by molar-refractivity contribution is 8.00. The first-order valence-corrected chi connectivity index (χ1v) is 8.34. The van der Waals surface area contributed by atoms with Gasteiger partial charge in [0.25, 0.3) is 0 Å². The zero-order chi connectivity index (χ0) is 14.8. The van der Waals surface area contributed by atoms with E-state index in [1.54, 1.807) is 23.6 Å². The van der Waals surface area contributed by atoms with E-state index in [1.807, 2.05) is 24.3 Å². The van der Waals surface area contributed by atoms with E-state index in [4.69, 9.17) is 4.74 Å². The number of para-hydroxylation sites is 1. The van der Waals surface area contributed by atoms with E-state index in [-0.39, 0.29) is 23.2 Å². The number of ether oxygens (including phenoxy) is 1. The van der Waals surface area contributed by atoms with Crippen LogP contribution in [0.5, 0.6) is 0 Å². The molecule has 112 valence electrons. The van der Waals surface area contributed by atoms with E-state index >= 15 is 0 Å². The van der Waals surface area contributed by atoms with Gasteiger partial charge in [-0.05, 0) is 31.9 Å². The number of hydrogen-bond donors (Lipinski definition) is 0. The lowest BCUT2D eigenvalue weighted by Crippen LogP contribution is -2.44. The van der Waals surface area contributed by atoms with Crippen LogP contribution in [0.4, 0.5) is 10.5 Å². The first-order chi connectivity index (χ1) is 10.2. The lowest BCUT2D eigenvalue weighted by molar-refractivity contribution is -0.124. The number of ketones is 1. The molecule has 0 aromatic heterocycles. The van der Waals surface area contributed by atoms with Crippen LogP contribution in [-0.2, 0) is 9.53 Å². The summed E-state index contributed by atoms with van der Waals surface area (Å²) < 4.78 is 5.20. The molecule has 0 radical (unpaired) electrons. The Labute approximate surface area is 128 Å². The molecule has 0 N–H and O–H groups in total. The van der Waals surface area contributed by atoms with Gasteiger partial charge in [-0.3, -0.25) is 9.69 Å². The van der Waals surface area contributed by atoms with Crippen LogP contribution in [0.1, 0.15) is 32.6 Å². The Bertz CT molecular complexity index is 560. The topological polar surface area (TPSA) is 46.6 Å². The minimum absolute atomic E-state index is 0.0828. The number of nitrogens with zero attached hydrogens (tertiary/aromatic N) is 1. The van der Waals surface area contributed by atoms with Crippen molar-refractivity contribution < 1.29 is 14.3 Å². The highest BCUT2D eigenvalue weighted by atomic mass is 32.2. The third-order valence-corrected chi connectivity index (χ3v) is 5.42. The Morgan fingerprint density at radius 2 is 2.19 bits per heavy atom. The van der Waals surface area contributed by atoms with Gasteiger partial charge in [0.1, 0.15) is 11.2 Å². The Morgan fingerprint density at radius 1 is 1.38 bits per heavy atom. The van der Waals surface area contributed by atoms with E-state index in [0.717, 1.165) is 29.8 Å². The SMILES string of the molecule is CCOC(=O)N1c2ccccc2SC1C1CCCCC1=O. The van der Waals surface area contributed by atoms with Crippen molar-refractivity contribution in [2.75, 3.05) is 11.5 Å². The second-order valence-electron chi connectivity index (χ2n) is 5.36. The summed E-state index contributed by atoms with van der Waals surface area (Å²) in [5, 5.41) is -0.158. The monoisotopic (exact) mass is 305 g/mol. The van der Waals surface area contributed by atoms with Crippen LogP contribution in [-0.4, -0.2) is 23.9 Å².